The van der Waals surface area contributed by atoms with Crippen LogP contribution in [0, 0.1) is 0 Å². The first-order valence-electron chi connectivity index (χ1n) is 7.56. The molecule has 0 aliphatic rings. The highest BCUT2D eigenvalue weighted by Crippen LogP contribution is 2.13. The van der Waals surface area contributed by atoms with Gasteiger partial charge in [-0.1, -0.05) is 48.8 Å². The number of amides is 1. The molecule has 0 aliphatic carbocycles. The molecule has 0 saturated heterocycles. The summed E-state index contributed by atoms with van der Waals surface area (Å²) in [5.41, 5.74) is 0.896. The van der Waals surface area contributed by atoms with Gasteiger partial charge >= 0.3 is 0 Å². The van der Waals surface area contributed by atoms with Crippen molar-refractivity contribution in [2.45, 2.75) is 38.8 Å². The molecule has 0 radical (unpaired) electrons. The molecule has 6 nitrogen and oxygen atoms in total. The van der Waals surface area contributed by atoms with Crippen LogP contribution in [0.1, 0.15) is 43.1 Å². The molecule has 0 fully saturated rings. The van der Waals surface area contributed by atoms with Gasteiger partial charge in [0.2, 0.25) is 11.8 Å². The van der Waals surface area contributed by atoms with Crippen molar-refractivity contribution in [3.05, 3.63) is 47.6 Å². The SMILES string of the molecule is CCCCc1noc(CNC(C(=O)NC)c2ccccc2)n1. The van der Waals surface area contributed by atoms with Gasteiger partial charge in [-0.15, -0.1) is 0 Å². The number of aromatic nitrogens is 2. The van der Waals surface area contributed by atoms with E-state index in [2.05, 4.69) is 27.7 Å². The third-order valence-electron chi connectivity index (χ3n) is 3.36. The van der Waals surface area contributed by atoms with Crippen LogP contribution >= 0.6 is 0 Å². The quantitative estimate of drug-likeness (QED) is 0.779. The first-order valence-corrected chi connectivity index (χ1v) is 7.56. The summed E-state index contributed by atoms with van der Waals surface area (Å²) in [7, 11) is 1.62. The molecule has 0 aliphatic heterocycles. The molecule has 0 bridgehead atoms. The highest BCUT2D eigenvalue weighted by atomic mass is 16.5. The molecular formula is C16H22N4O2. The second-order valence-electron chi connectivity index (χ2n) is 5.05. The van der Waals surface area contributed by atoms with Gasteiger partial charge < -0.3 is 9.84 Å². The lowest BCUT2D eigenvalue weighted by Crippen LogP contribution is -2.35. The lowest BCUT2D eigenvalue weighted by Gasteiger charge is -2.16. The van der Waals surface area contributed by atoms with Gasteiger partial charge in [0, 0.05) is 13.5 Å². The molecule has 1 amide bonds. The number of unbranched alkanes of at least 4 members (excludes halogenated alkanes) is 1. The zero-order valence-electron chi connectivity index (χ0n) is 13.0. The van der Waals surface area contributed by atoms with Crippen molar-refractivity contribution in [2.24, 2.45) is 0 Å². The molecule has 118 valence electrons. The number of hydrogen-bond donors (Lipinski definition) is 2. The van der Waals surface area contributed by atoms with E-state index < -0.39 is 6.04 Å². The largest absolute Gasteiger partial charge is 0.358 e. The van der Waals surface area contributed by atoms with Crippen LogP contribution in [0.3, 0.4) is 0 Å². The molecule has 1 aromatic heterocycles. The zero-order valence-corrected chi connectivity index (χ0v) is 13.0. The summed E-state index contributed by atoms with van der Waals surface area (Å²) in [5.74, 6) is 1.11. The van der Waals surface area contributed by atoms with Gasteiger partial charge in [0.1, 0.15) is 6.04 Å². The van der Waals surface area contributed by atoms with E-state index in [1.165, 1.54) is 0 Å². The summed E-state index contributed by atoms with van der Waals surface area (Å²) in [6.07, 6.45) is 2.95. The van der Waals surface area contributed by atoms with Crippen molar-refractivity contribution in [2.75, 3.05) is 7.05 Å². The van der Waals surface area contributed by atoms with Crippen LogP contribution in [0.4, 0.5) is 0 Å². The van der Waals surface area contributed by atoms with Crippen LogP contribution < -0.4 is 10.6 Å². The maximum Gasteiger partial charge on any atom is 0.241 e. The van der Waals surface area contributed by atoms with E-state index >= 15 is 0 Å². The number of nitrogens with zero attached hydrogens (tertiary/aromatic N) is 2. The van der Waals surface area contributed by atoms with Crippen LogP contribution in [0.5, 0.6) is 0 Å². The van der Waals surface area contributed by atoms with Gasteiger partial charge in [-0.2, -0.15) is 4.98 Å². The Morgan fingerprint density at radius 1 is 1.32 bits per heavy atom. The van der Waals surface area contributed by atoms with E-state index in [1.807, 2.05) is 30.3 Å². The van der Waals surface area contributed by atoms with E-state index in [1.54, 1.807) is 7.05 Å². The summed E-state index contributed by atoms with van der Waals surface area (Å²) < 4.78 is 5.21. The number of carbonyl (C=O) groups is 1. The summed E-state index contributed by atoms with van der Waals surface area (Å²) in [6.45, 7) is 2.47. The van der Waals surface area contributed by atoms with E-state index in [9.17, 15) is 4.79 Å². The molecule has 2 rings (SSSR count). The summed E-state index contributed by atoms with van der Waals surface area (Å²) in [5, 5.41) is 9.77. The van der Waals surface area contributed by atoms with Crippen molar-refractivity contribution in [3.63, 3.8) is 0 Å². The number of nitrogens with one attached hydrogen (secondary N) is 2. The van der Waals surface area contributed by atoms with Gasteiger partial charge in [0.05, 0.1) is 6.54 Å². The highest BCUT2D eigenvalue weighted by Gasteiger charge is 2.19. The minimum atomic E-state index is -0.447. The Balaban J connectivity index is 1.99. The average Bonchev–Trinajstić information content (AvgIpc) is 3.01. The topological polar surface area (TPSA) is 80.0 Å². The maximum absolute atomic E-state index is 12.0. The molecule has 0 saturated carbocycles. The Bertz CT molecular complexity index is 583. The van der Waals surface area contributed by atoms with E-state index in [-0.39, 0.29) is 5.91 Å². The lowest BCUT2D eigenvalue weighted by molar-refractivity contribution is -0.122. The monoisotopic (exact) mass is 302 g/mol. The van der Waals surface area contributed by atoms with Crippen LogP contribution in [-0.2, 0) is 17.8 Å². The first-order chi connectivity index (χ1) is 10.7. The number of likely N-dealkylation sites (N-methyl/N-ethyl adjacent to an activating group) is 1. The fraction of sp³-hybridized carbons (Fsp3) is 0.438. The number of rotatable bonds is 8. The minimum absolute atomic E-state index is 0.100. The summed E-state index contributed by atoms with van der Waals surface area (Å²) in [4.78, 5) is 16.4. The van der Waals surface area contributed by atoms with Gasteiger partial charge in [0.25, 0.3) is 0 Å². The Morgan fingerprint density at radius 3 is 2.77 bits per heavy atom. The smallest absolute Gasteiger partial charge is 0.241 e. The lowest BCUT2D eigenvalue weighted by atomic mass is 10.1. The van der Waals surface area contributed by atoms with Gasteiger partial charge in [-0.25, -0.2) is 0 Å². The van der Waals surface area contributed by atoms with E-state index in [0.717, 1.165) is 30.7 Å². The van der Waals surface area contributed by atoms with Gasteiger partial charge in [0.15, 0.2) is 5.82 Å². The summed E-state index contributed by atoms with van der Waals surface area (Å²) >= 11 is 0. The number of hydrogen-bond acceptors (Lipinski definition) is 5. The Hall–Kier alpha value is -2.21. The van der Waals surface area contributed by atoms with Crippen LogP contribution in [0.2, 0.25) is 0 Å². The fourth-order valence-electron chi connectivity index (χ4n) is 2.14. The van der Waals surface area contributed by atoms with Gasteiger partial charge in [-0.3, -0.25) is 10.1 Å². The molecule has 2 aromatic rings. The molecular weight excluding hydrogens is 280 g/mol. The van der Waals surface area contributed by atoms with Crippen molar-refractivity contribution >= 4 is 5.91 Å². The van der Waals surface area contributed by atoms with Crippen LogP contribution in [0.15, 0.2) is 34.9 Å². The predicted molar refractivity (Wildman–Crippen MR) is 83.0 cm³/mol. The minimum Gasteiger partial charge on any atom is -0.358 e. The molecule has 2 N–H and O–H groups in total. The molecule has 22 heavy (non-hydrogen) atoms. The third kappa shape index (κ3) is 4.39. The summed E-state index contributed by atoms with van der Waals surface area (Å²) in [6, 6.07) is 9.10. The Morgan fingerprint density at radius 2 is 2.09 bits per heavy atom. The molecule has 6 heteroatoms. The Labute approximate surface area is 130 Å². The van der Waals surface area contributed by atoms with Crippen molar-refractivity contribution in [1.82, 2.24) is 20.8 Å². The normalized spacial score (nSPS) is 12.1. The van der Waals surface area contributed by atoms with Gasteiger partial charge in [-0.05, 0) is 12.0 Å². The highest BCUT2D eigenvalue weighted by molar-refractivity contribution is 5.82. The Kier molecular flexibility index (Phi) is 6.09. The van der Waals surface area contributed by atoms with Crippen LogP contribution in [-0.4, -0.2) is 23.1 Å². The number of aryl methyl sites for hydroxylation is 1. The number of carbonyl (C=O) groups excluding carboxylic acids is 1. The predicted octanol–water partition coefficient (Wildman–Crippen LogP) is 1.99. The van der Waals surface area contributed by atoms with Crippen LogP contribution in [0.25, 0.3) is 0 Å². The molecule has 0 spiro atoms. The zero-order chi connectivity index (χ0) is 15.8. The van der Waals surface area contributed by atoms with Crippen molar-refractivity contribution in [3.8, 4) is 0 Å². The molecule has 1 unspecified atom stereocenters. The first kappa shape index (κ1) is 16.2. The third-order valence-corrected chi connectivity index (χ3v) is 3.36. The number of benzene rings is 1. The standard InChI is InChI=1S/C16H22N4O2/c1-3-4-10-13-19-14(22-20-13)11-18-15(16(21)17-2)12-8-6-5-7-9-12/h5-9,15,18H,3-4,10-11H2,1-2H3,(H,17,21). The molecule has 1 aromatic carbocycles. The second-order valence-corrected chi connectivity index (χ2v) is 5.05. The average molecular weight is 302 g/mol. The fourth-order valence-corrected chi connectivity index (χ4v) is 2.14. The van der Waals surface area contributed by atoms with Crippen molar-refractivity contribution < 1.29 is 9.32 Å². The molecule has 1 heterocycles. The van der Waals surface area contributed by atoms with Crippen molar-refractivity contribution in [1.29, 1.82) is 0 Å². The second kappa shape index (κ2) is 8.29. The molecule has 1 atom stereocenters. The van der Waals surface area contributed by atoms with E-state index in [0.29, 0.717) is 12.4 Å². The van der Waals surface area contributed by atoms with E-state index in [4.69, 9.17) is 4.52 Å². The maximum atomic E-state index is 12.0.